The SMILES string of the molecule is CCC1(CC)C(=O)N(CCC(C)C)c2ccc([N+](=O)[O-])cc21. The van der Waals surface area contributed by atoms with Crippen molar-refractivity contribution in [2.75, 3.05) is 11.4 Å². The van der Waals surface area contributed by atoms with Crippen molar-refractivity contribution < 1.29 is 9.72 Å². The lowest BCUT2D eigenvalue weighted by molar-refractivity contribution is -0.384. The van der Waals surface area contributed by atoms with Crippen LogP contribution in [0.5, 0.6) is 0 Å². The summed E-state index contributed by atoms with van der Waals surface area (Å²) in [6, 6.07) is 4.82. The number of amides is 1. The molecule has 22 heavy (non-hydrogen) atoms. The third kappa shape index (κ3) is 2.49. The minimum atomic E-state index is -0.613. The van der Waals surface area contributed by atoms with Crippen molar-refractivity contribution in [3.8, 4) is 0 Å². The maximum atomic E-state index is 13.0. The Balaban J connectivity index is 2.52. The van der Waals surface area contributed by atoms with E-state index in [1.165, 1.54) is 6.07 Å². The first-order valence-electron chi connectivity index (χ1n) is 7.98. The molecule has 1 heterocycles. The number of hydrogen-bond acceptors (Lipinski definition) is 3. The molecule has 1 aromatic carbocycles. The highest BCUT2D eigenvalue weighted by atomic mass is 16.6. The Hall–Kier alpha value is -1.91. The molecule has 1 aromatic rings. The van der Waals surface area contributed by atoms with Crippen LogP contribution in [0, 0.1) is 16.0 Å². The van der Waals surface area contributed by atoms with Crippen LogP contribution in [0.4, 0.5) is 11.4 Å². The summed E-state index contributed by atoms with van der Waals surface area (Å²) in [6.45, 7) is 8.89. The van der Waals surface area contributed by atoms with Crippen molar-refractivity contribution in [1.29, 1.82) is 0 Å². The molecule has 0 radical (unpaired) electrons. The Morgan fingerprint density at radius 3 is 2.41 bits per heavy atom. The summed E-state index contributed by atoms with van der Waals surface area (Å²) < 4.78 is 0. The molecule has 0 unspecified atom stereocenters. The van der Waals surface area contributed by atoms with Crippen LogP contribution in [-0.4, -0.2) is 17.4 Å². The molecule has 1 aliphatic heterocycles. The van der Waals surface area contributed by atoms with E-state index in [-0.39, 0.29) is 11.6 Å². The molecule has 0 saturated carbocycles. The van der Waals surface area contributed by atoms with E-state index in [9.17, 15) is 14.9 Å². The van der Waals surface area contributed by atoms with E-state index in [1.54, 1.807) is 12.1 Å². The normalized spacial score (nSPS) is 16.2. The molecular weight excluding hydrogens is 280 g/mol. The monoisotopic (exact) mass is 304 g/mol. The number of benzene rings is 1. The van der Waals surface area contributed by atoms with Crippen LogP contribution in [0.15, 0.2) is 18.2 Å². The molecule has 0 aliphatic carbocycles. The second kappa shape index (κ2) is 6.07. The summed E-state index contributed by atoms with van der Waals surface area (Å²) >= 11 is 0. The van der Waals surface area contributed by atoms with Crippen molar-refractivity contribution in [3.63, 3.8) is 0 Å². The number of rotatable bonds is 6. The first-order chi connectivity index (χ1) is 10.4. The van der Waals surface area contributed by atoms with Gasteiger partial charge in [0.25, 0.3) is 5.69 Å². The third-order valence-electron chi connectivity index (χ3n) is 4.79. The Kier molecular flexibility index (Phi) is 4.54. The largest absolute Gasteiger partial charge is 0.311 e. The first-order valence-corrected chi connectivity index (χ1v) is 7.98. The summed E-state index contributed by atoms with van der Waals surface area (Å²) in [4.78, 5) is 25.5. The number of nitro benzene ring substituents is 1. The van der Waals surface area contributed by atoms with Crippen LogP contribution in [0.25, 0.3) is 0 Å². The number of carbonyl (C=O) groups excluding carboxylic acids is 1. The Bertz CT molecular complexity index is 592. The van der Waals surface area contributed by atoms with Gasteiger partial charge in [-0.3, -0.25) is 14.9 Å². The molecule has 0 bridgehead atoms. The van der Waals surface area contributed by atoms with E-state index in [0.29, 0.717) is 25.3 Å². The van der Waals surface area contributed by atoms with E-state index < -0.39 is 10.3 Å². The van der Waals surface area contributed by atoms with Crippen LogP contribution < -0.4 is 4.90 Å². The number of carbonyl (C=O) groups is 1. The molecule has 5 heteroatoms. The zero-order valence-corrected chi connectivity index (χ0v) is 13.8. The minimum absolute atomic E-state index is 0.0588. The van der Waals surface area contributed by atoms with Gasteiger partial charge in [0, 0.05) is 24.4 Å². The first kappa shape index (κ1) is 16.5. The van der Waals surface area contributed by atoms with Crippen LogP contribution in [-0.2, 0) is 10.2 Å². The van der Waals surface area contributed by atoms with Gasteiger partial charge < -0.3 is 4.90 Å². The lowest BCUT2D eigenvalue weighted by Gasteiger charge is -2.26. The number of fused-ring (bicyclic) bond motifs is 1. The second-order valence-corrected chi connectivity index (χ2v) is 6.39. The van der Waals surface area contributed by atoms with Gasteiger partial charge in [-0.1, -0.05) is 27.7 Å². The zero-order chi connectivity index (χ0) is 16.5. The lowest BCUT2D eigenvalue weighted by atomic mass is 9.77. The van der Waals surface area contributed by atoms with Gasteiger partial charge in [-0.05, 0) is 36.8 Å². The average Bonchev–Trinajstić information content (AvgIpc) is 2.72. The second-order valence-electron chi connectivity index (χ2n) is 6.39. The van der Waals surface area contributed by atoms with E-state index in [1.807, 2.05) is 18.7 Å². The van der Waals surface area contributed by atoms with Gasteiger partial charge in [-0.15, -0.1) is 0 Å². The minimum Gasteiger partial charge on any atom is -0.311 e. The van der Waals surface area contributed by atoms with Crippen LogP contribution >= 0.6 is 0 Å². The molecule has 120 valence electrons. The van der Waals surface area contributed by atoms with Crippen molar-refractivity contribution in [3.05, 3.63) is 33.9 Å². The van der Waals surface area contributed by atoms with Crippen molar-refractivity contribution in [2.45, 2.75) is 52.4 Å². The van der Waals surface area contributed by atoms with Gasteiger partial charge in [0.1, 0.15) is 0 Å². The number of nitro groups is 1. The standard InChI is InChI=1S/C17H24N2O3/c1-5-17(6-2)14-11-13(19(21)22)7-8-15(14)18(16(17)20)10-9-12(3)4/h7-8,11-12H,5-6,9-10H2,1-4H3. The number of non-ortho nitro benzene ring substituents is 1. The van der Waals surface area contributed by atoms with Gasteiger partial charge in [0.05, 0.1) is 10.3 Å². The predicted octanol–water partition coefficient (Wildman–Crippen LogP) is 4.05. The summed E-state index contributed by atoms with van der Waals surface area (Å²) in [5, 5.41) is 11.1. The number of nitrogens with zero attached hydrogens (tertiary/aromatic N) is 2. The number of hydrogen-bond donors (Lipinski definition) is 0. The molecule has 0 atom stereocenters. The molecule has 0 fully saturated rings. The van der Waals surface area contributed by atoms with Crippen molar-refractivity contribution >= 4 is 17.3 Å². The summed E-state index contributed by atoms with van der Waals surface area (Å²) in [6.07, 6.45) is 2.25. The third-order valence-corrected chi connectivity index (χ3v) is 4.79. The van der Waals surface area contributed by atoms with E-state index >= 15 is 0 Å². The Morgan fingerprint density at radius 2 is 1.91 bits per heavy atom. The zero-order valence-electron chi connectivity index (χ0n) is 13.8. The summed E-state index contributed by atoms with van der Waals surface area (Å²) in [7, 11) is 0. The van der Waals surface area contributed by atoms with E-state index in [0.717, 1.165) is 17.7 Å². The smallest absolute Gasteiger partial charge is 0.269 e. The topological polar surface area (TPSA) is 63.5 Å². The van der Waals surface area contributed by atoms with Crippen molar-refractivity contribution in [1.82, 2.24) is 0 Å². The predicted molar refractivity (Wildman–Crippen MR) is 87.2 cm³/mol. The Labute approximate surface area is 131 Å². The van der Waals surface area contributed by atoms with Crippen molar-refractivity contribution in [2.24, 2.45) is 5.92 Å². The molecular formula is C17H24N2O3. The maximum Gasteiger partial charge on any atom is 0.269 e. The van der Waals surface area contributed by atoms with Crippen LogP contribution in [0.3, 0.4) is 0 Å². The highest BCUT2D eigenvalue weighted by molar-refractivity contribution is 6.08. The fourth-order valence-corrected chi connectivity index (χ4v) is 3.28. The number of anilines is 1. The molecule has 2 rings (SSSR count). The average molecular weight is 304 g/mol. The molecule has 1 aliphatic rings. The van der Waals surface area contributed by atoms with E-state index in [4.69, 9.17) is 0 Å². The van der Waals surface area contributed by atoms with Gasteiger partial charge in [-0.25, -0.2) is 0 Å². The van der Waals surface area contributed by atoms with Crippen LogP contribution in [0.1, 0.15) is 52.5 Å². The maximum absolute atomic E-state index is 13.0. The highest BCUT2D eigenvalue weighted by Gasteiger charge is 2.48. The van der Waals surface area contributed by atoms with Gasteiger partial charge in [0.15, 0.2) is 0 Å². The quantitative estimate of drug-likeness (QED) is 0.588. The molecule has 0 spiro atoms. The van der Waals surface area contributed by atoms with Gasteiger partial charge >= 0.3 is 0 Å². The van der Waals surface area contributed by atoms with Gasteiger partial charge in [0.2, 0.25) is 5.91 Å². The van der Waals surface area contributed by atoms with Crippen LogP contribution in [0.2, 0.25) is 0 Å². The fourth-order valence-electron chi connectivity index (χ4n) is 3.28. The fraction of sp³-hybridized carbons (Fsp3) is 0.588. The Morgan fingerprint density at radius 1 is 1.27 bits per heavy atom. The highest BCUT2D eigenvalue weighted by Crippen LogP contribution is 2.47. The summed E-state index contributed by atoms with van der Waals surface area (Å²) in [5.74, 6) is 0.598. The lowest BCUT2D eigenvalue weighted by Crippen LogP contribution is -2.40. The molecule has 5 nitrogen and oxygen atoms in total. The summed E-state index contributed by atoms with van der Waals surface area (Å²) in [5.41, 5.74) is 1.11. The molecule has 1 amide bonds. The molecule has 0 N–H and O–H groups in total. The van der Waals surface area contributed by atoms with Gasteiger partial charge in [-0.2, -0.15) is 0 Å². The van der Waals surface area contributed by atoms with E-state index in [2.05, 4.69) is 13.8 Å². The molecule has 0 saturated heterocycles. The molecule has 0 aromatic heterocycles.